The number of aromatic nitrogens is 1. The van der Waals surface area contributed by atoms with E-state index >= 15 is 0 Å². The number of pyridine rings is 1. The Balaban J connectivity index is 2.05. The van der Waals surface area contributed by atoms with Crippen molar-refractivity contribution in [3.63, 3.8) is 0 Å². The molecule has 1 aliphatic rings. The van der Waals surface area contributed by atoms with Crippen molar-refractivity contribution in [2.75, 3.05) is 13.1 Å². The summed E-state index contributed by atoms with van der Waals surface area (Å²) in [7, 11) is 0. The van der Waals surface area contributed by atoms with Crippen molar-refractivity contribution in [3.8, 4) is 0 Å². The number of nitrogens with zero attached hydrogens (tertiary/aromatic N) is 1. The van der Waals surface area contributed by atoms with E-state index in [2.05, 4.69) is 36.5 Å². The minimum atomic E-state index is 0.627. The number of fused-ring (bicyclic) bond motifs is 1. The molecule has 1 fully saturated rings. The number of hydrogen-bond donors (Lipinski definition) is 1. The SMILES string of the molecule is CCc1cnc2c(C3CCCNC3)cccc2c1. The van der Waals surface area contributed by atoms with Crippen LogP contribution in [0.4, 0.5) is 0 Å². The normalized spacial score (nSPS) is 20.2. The first-order valence-corrected chi connectivity index (χ1v) is 6.96. The fourth-order valence-corrected chi connectivity index (χ4v) is 2.87. The number of piperidine rings is 1. The lowest BCUT2D eigenvalue weighted by atomic mass is 9.90. The molecule has 2 heteroatoms. The summed E-state index contributed by atoms with van der Waals surface area (Å²) >= 11 is 0. The summed E-state index contributed by atoms with van der Waals surface area (Å²) in [6.45, 7) is 4.43. The molecule has 2 heterocycles. The summed E-state index contributed by atoms with van der Waals surface area (Å²) in [5.41, 5.74) is 3.94. The van der Waals surface area contributed by atoms with E-state index in [1.807, 2.05) is 6.20 Å². The Bertz CT molecular complexity index is 542. The van der Waals surface area contributed by atoms with Gasteiger partial charge in [0.25, 0.3) is 0 Å². The van der Waals surface area contributed by atoms with E-state index in [4.69, 9.17) is 4.98 Å². The van der Waals surface area contributed by atoms with Crippen LogP contribution in [-0.4, -0.2) is 18.1 Å². The average Bonchev–Trinajstić information content (AvgIpc) is 2.47. The molecule has 0 saturated carbocycles. The third-order valence-electron chi connectivity index (χ3n) is 3.94. The number of benzene rings is 1. The van der Waals surface area contributed by atoms with E-state index in [0.29, 0.717) is 5.92 Å². The van der Waals surface area contributed by atoms with Gasteiger partial charge in [-0.1, -0.05) is 25.1 Å². The molecule has 3 rings (SSSR count). The topological polar surface area (TPSA) is 24.9 Å². The van der Waals surface area contributed by atoms with Crippen LogP contribution in [0.1, 0.15) is 36.8 Å². The second-order valence-electron chi connectivity index (χ2n) is 5.16. The molecule has 0 aliphatic carbocycles. The van der Waals surface area contributed by atoms with Crippen molar-refractivity contribution in [2.24, 2.45) is 0 Å². The van der Waals surface area contributed by atoms with Gasteiger partial charge in [-0.2, -0.15) is 0 Å². The van der Waals surface area contributed by atoms with Gasteiger partial charge in [0, 0.05) is 18.1 Å². The molecule has 1 N–H and O–H groups in total. The Labute approximate surface area is 108 Å². The molecule has 2 aromatic rings. The van der Waals surface area contributed by atoms with Crippen molar-refractivity contribution < 1.29 is 0 Å². The smallest absolute Gasteiger partial charge is 0.0737 e. The van der Waals surface area contributed by atoms with Crippen LogP contribution in [0, 0.1) is 0 Å². The predicted octanol–water partition coefficient (Wildman–Crippen LogP) is 3.26. The fraction of sp³-hybridized carbons (Fsp3) is 0.438. The minimum absolute atomic E-state index is 0.627. The van der Waals surface area contributed by atoms with Gasteiger partial charge in [-0.25, -0.2) is 0 Å². The third kappa shape index (κ3) is 2.13. The Morgan fingerprint density at radius 2 is 2.33 bits per heavy atom. The van der Waals surface area contributed by atoms with Crippen LogP contribution >= 0.6 is 0 Å². The standard InChI is InChI=1S/C16H20N2/c1-2-12-9-13-5-3-7-15(16(13)18-10-12)14-6-4-8-17-11-14/h3,5,7,9-10,14,17H,2,4,6,8,11H2,1H3. The molecule has 0 radical (unpaired) electrons. The maximum absolute atomic E-state index is 4.70. The number of aryl methyl sites for hydroxylation is 1. The molecule has 0 bridgehead atoms. The Kier molecular flexibility index (Phi) is 3.28. The van der Waals surface area contributed by atoms with Gasteiger partial charge in [-0.3, -0.25) is 4.98 Å². The van der Waals surface area contributed by atoms with Gasteiger partial charge >= 0.3 is 0 Å². The number of para-hydroxylation sites is 1. The van der Waals surface area contributed by atoms with Gasteiger partial charge in [0.2, 0.25) is 0 Å². The highest BCUT2D eigenvalue weighted by molar-refractivity contribution is 5.82. The Hall–Kier alpha value is -1.41. The van der Waals surface area contributed by atoms with E-state index in [9.17, 15) is 0 Å². The van der Waals surface area contributed by atoms with Crippen molar-refractivity contribution in [2.45, 2.75) is 32.1 Å². The van der Waals surface area contributed by atoms with Crippen LogP contribution in [0.25, 0.3) is 10.9 Å². The number of nitrogens with one attached hydrogen (secondary N) is 1. The zero-order valence-electron chi connectivity index (χ0n) is 10.9. The van der Waals surface area contributed by atoms with Crippen LogP contribution in [0.15, 0.2) is 30.5 Å². The predicted molar refractivity (Wildman–Crippen MR) is 76.0 cm³/mol. The molecule has 1 atom stereocenters. The number of hydrogen-bond acceptors (Lipinski definition) is 2. The van der Waals surface area contributed by atoms with Crippen LogP contribution in [0.3, 0.4) is 0 Å². The lowest BCUT2D eigenvalue weighted by Gasteiger charge is -2.24. The summed E-state index contributed by atoms with van der Waals surface area (Å²) in [5.74, 6) is 0.627. The highest BCUT2D eigenvalue weighted by Gasteiger charge is 2.17. The third-order valence-corrected chi connectivity index (χ3v) is 3.94. The summed E-state index contributed by atoms with van der Waals surface area (Å²) in [6.07, 6.45) is 5.64. The highest BCUT2D eigenvalue weighted by Crippen LogP contribution is 2.29. The zero-order valence-corrected chi connectivity index (χ0v) is 10.9. The van der Waals surface area contributed by atoms with Gasteiger partial charge in [0.15, 0.2) is 0 Å². The molecule has 1 saturated heterocycles. The quantitative estimate of drug-likeness (QED) is 0.871. The van der Waals surface area contributed by atoms with Gasteiger partial charge in [0.05, 0.1) is 5.52 Å². The van der Waals surface area contributed by atoms with Crippen LogP contribution in [-0.2, 0) is 6.42 Å². The van der Waals surface area contributed by atoms with E-state index < -0.39 is 0 Å². The second kappa shape index (κ2) is 5.07. The Morgan fingerprint density at radius 1 is 1.39 bits per heavy atom. The minimum Gasteiger partial charge on any atom is -0.316 e. The van der Waals surface area contributed by atoms with E-state index in [1.54, 1.807) is 0 Å². The lowest BCUT2D eigenvalue weighted by Crippen LogP contribution is -2.28. The second-order valence-corrected chi connectivity index (χ2v) is 5.16. The molecule has 1 aromatic carbocycles. The van der Waals surface area contributed by atoms with E-state index in [1.165, 1.54) is 34.9 Å². The Morgan fingerprint density at radius 3 is 3.11 bits per heavy atom. The monoisotopic (exact) mass is 240 g/mol. The summed E-state index contributed by atoms with van der Waals surface area (Å²) < 4.78 is 0. The first-order valence-electron chi connectivity index (χ1n) is 6.96. The molecule has 94 valence electrons. The summed E-state index contributed by atoms with van der Waals surface area (Å²) in [5, 5.41) is 4.78. The van der Waals surface area contributed by atoms with Crippen molar-refractivity contribution >= 4 is 10.9 Å². The largest absolute Gasteiger partial charge is 0.316 e. The fourth-order valence-electron chi connectivity index (χ4n) is 2.87. The average molecular weight is 240 g/mol. The van der Waals surface area contributed by atoms with Crippen LogP contribution in [0.2, 0.25) is 0 Å². The van der Waals surface area contributed by atoms with Gasteiger partial charge in [-0.15, -0.1) is 0 Å². The molecule has 0 spiro atoms. The maximum Gasteiger partial charge on any atom is 0.0737 e. The van der Waals surface area contributed by atoms with Gasteiger partial charge in [0.1, 0.15) is 0 Å². The maximum atomic E-state index is 4.70. The van der Waals surface area contributed by atoms with E-state index in [0.717, 1.165) is 19.5 Å². The first-order chi connectivity index (χ1) is 8.88. The molecule has 2 nitrogen and oxygen atoms in total. The molecule has 1 aliphatic heterocycles. The summed E-state index contributed by atoms with van der Waals surface area (Å²) in [4.78, 5) is 4.70. The van der Waals surface area contributed by atoms with Crippen molar-refractivity contribution in [1.29, 1.82) is 0 Å². The highest BCUT2D eigenvalue weighted by atomic mass is 14.9. The summed E-state index contributed by atoms with van der Waals surface area (Å²) in [6, 6.07) is 8.88. The molecule has 1 aromatic heterocycles. The van der Waals surface area contributed by atoms with Crippen LogP contribution < -0.4 is 5.32 Å². The number of rotatable bonds is 2. The lowest BCUT2D eigenvalue weighted by molar-refractivity contribution is 0.463. The molecule has 0 amide bonds. The molecule has 1 unspecified atom stereocenters. The van der Waals surface area contributed by atoms with E-state index in [-0.39, 0.29) is 0 Å². The van der Waals surface area contributed by atoms with Gasteiger partial charge in [-0.05, 0) is 48.9 Å². The zero-order chi connectivity index (χ0) is 12.4. The molecular formula is C16H20N2. The van der Waals surface area contributed by atoms with Crippen molar-refractivity contribution in [1.82, 2.24) is 10.3 Å². The van der Waals surface area contributed by atoms with Gasteiger partial charge < -0.3 is 5.32 Å². The first kappa shape index (κ1) is 11.7. The van der Waals surface area contributed by atoms with Crippen molar-refractivity contribution in [3.05, 3.63) is 41.6 Å². The molecular weight excluding hydrogens is 220 g/mol. The molecule has 18 heavy (non-hydrogen) atoms. The van der Waals surface area contributed by atoms with Crippen LogP contribution in [0.5, 0.6) is 0 Å².